The molecule has 0 radical (unpaired) electrons. The van der Waals surface area contributed by atoms with E-state index >= 15 is 0 Å². The number of rotatable bonds is 5. The Morgan fingerprint density at radius 3 is 2.52 bits per heavy atom. The van der Waals surface area contributed by atoms with E-state index in [4.69, 9.17) is 0 Å². The van der Waals surface area contributed by atoms with Gasteiger partial charge in [0.2, 0.25) is 10.0 Å². The van der Waals surface area contributed by atoms with Gasteiger partial charge < -0.3 is 5.11 Å². The summed E-state index contributed by atoms with van der Waals surface area (Å²) in [7, 11) is -3.58. The largest absolute Gasteiger partial charge is 0.508 e. The maximum absolute atomic E-state index is 12.5. The second-order valence-corrected chi connectivity index (χ2v) is 8.44. The number of sulfonamides is 1. The number of aryl methyl sites for hydroxylation is 2. The van der Waals surface area contributed by atoms with Gasteiger partial charge in [0.1, 0.15) is 10.8 Å². The van der Waals surface area contributed by atoms with Crippen LogP contribution in [0.2, 0.25) is 0 Å². The van der Waals surface area contributed by atoms with Crippen LogP contribution < -0.4 is 4.72 Å². The fourth-order valence-electron chi connectivity index (χ4n) is 2.49. The van der Waals surface area contributed by atoms with E-state index in [-0.39, 0.29) is 17.2 Å². The maximum atomic E-state index is 12.5. The number of aromatic nitrogens is 1. The fourth-order valence-corrected chi connectivity index (χ4v) is 4.54. The molecule has 0 fully saturated rings. The summed E-state index contributed by atoms with van der Waals surface area (Å²) in [6.45, 7) is 3.85. The highest BCUT2D eigenvalue weighted by Crippen LogP contribution is 2.24. The van der Waals surface area contributed by atoms with Gasteiger partial charge in [0, 0.05) is 10.9 Å². The van der Waals surface area contributed by atoms with Crippen LogP contribution in [0.15, 0.2) is 52.7 Å². The fraction of sp³-hybridized carbons (Fsp3) is 0.167. The third-order valence-corrected chi connectivity index (χ3v) is 6.16. The van der Waals surface area contributed by atoms with Crippen molar-refractivity contribution in [3.8, 4) is 17.0 Å². The lowest BCUT2D eigenvalue weighted by atomic mass is 10.2. The minimum atomic E-state index is -3.58. The number of hydrogen-bond donors (Lipinski definition) is 2. The van der Waals surface area contributed by atoms with Crippen LogP contribution in [0.25, 0.3) is 11.3 Å². The van der Waals surface area contributed by atoms with Crippen molar-refractivity contribution in [2.75, 3.05) is 0 Å². The lowest BCUT2D eigenvalue weighted by Crippen LogP contribution is -2.24. The van der Waals surface area contributed by atoms with Crippen LogP contribution in [0.1, 0.15) is 16.1 Å². The van der Waals surface area contributed by atoms with E-state index in [9.17, 15) is 13.5 Å². The van der Waals surface area contributed by atoms with Crippen molar-refractivity contribution in [1.82, 2.24) is 9.71 Å². The van der Waals surface area contributed by atoms with Gasteiger partial charge in [-0.1, -0.05) is 17.7 Å². The zero-order valence-electron chi connectivity index (χ0n) is 13.9. The van der Waals surface area contributed by atoms with Gasteiger partial charge in [-0.2, -0.15) is 0 Å². The quantitative estimate of drug-likeness (QED) is 0.715. The second-order valence-electron chi connectivity index (χ2n) is 5.77. The molecule has 5 nitrogen and oxygen atoms in total. The number of benzene rings is 2. The first-order valence-corrected chi connectivity index (χ1v) is 10.0. The van der Waals surface area contributed by atoms with E-state index in [1.54, 1.807) is 43.3 Å². The molecular formula is C18H18N2O3S2. The number of phenols is 1. The molecule has 0 spiro atoms. The van der Waals surface area contributed by atoms with Gasteiger partial charge in [-0.25, -0.2) is 18.1 Å². The third kappa shape index (κ3) is 4.07. The summed E-state index contributed by atoms with van der Waals surface area (Å²) in [5.74, 6) is 0.195. The van der Waals surface area contributed by atoms with Gasteiger partial charge >= 0.3 is 0 Å². The molecule has 130 valence electrons. The normalized spacial score (nSPS) is 11.6. The summed E-state index contributed by atoms with van der Waals surface area (Å²) in [4.78, 5) is 4.74. The Labute approximate surface area is 151 Å². The molecule has 0 unspecified atom stereocenters. The number of aromatic hydroxyl groups is 1. The zero-order valence-corrected chi connectivity index (χ0v) is 15.5. The highest BCUT2D eigenvalue weighted by atomic mass is 32.2. The van der Waals surface area contributed by atoms with E-state index in [1.165, 1.54) is 11.3 Å². The second kappa shape index (κ2) is 6.95. The van der Waals surface area contributed by atoms with E-state index in [1.807, 2.05) is 18.4 Å². The number of nitrogens with zero attached hydrogens (tertiary/aromatic N) is 1. The van der Waals surface area contributed by atoms with Crippen LogP contribution >= 0.6 is 11.3 Å². The summed E-state index contributed by atoms with van der Waals surface area (Å²) in [5.41, 5.74) is 3.37. The average Bonchev–Trinajstić information content (AvgIpc) is 3.02. The van der Waals surface area contributed by atoms with Crippen molar-refractivity contribution < 1.29 is 13.5 Å². The van der Waals surface area contributed by atoms with Gasteiger partial charge in [0.15, 0.2) is 0 Å². The molecule has 2 aromatic carbocycles. The number of phenolic OH excluding ortho intramolecular Hbond substituents is 1. The van der Waals surface area contributed by atoms with Crippen molar-refractivity contribution >= 4 is 21.4 Å². The van der Waals surface area contributed by atoms with Crippen LogP contribution in [0.5, 0.6) is 5.75 Å². The smallest absolute Gasteiger partial charge is 0.241 e. The summed E-state index contributed by atoms with van der Waals surface area (Å²) < 4.78 is 27.6. The first-order valence-electron chi connectivity index (χ1n) is 7.66. The number of thiazole rings is 1. The van der Waals surface area contributed by atoms with Crippen LogP contribution in [0.3, 0.4) is 0 Å². The Morgan fingerprint density at radius 2 is 1.84 bits per heavy atom. The zero-order chi connectivity index (χ0) is 18.0. The molecule has 7 heteroatoms. The Balaban J connectivity index is 1.74. The predicted octanol–water partition coefficient (Wildman–Crippen LogP) is 3.61. The van der Waals surface area contributed by atoms with Crippen molar-refractivity contribution in [3.63, 3.8) is 0 Å². The van der Waals surface area contributed by atoms with E-state index < -0.39 is 10.0 Å². The van der Waals surface area contributed by atoms with Crippen molar-refractivity contribution in [3.05, 3.63) is 64.0 Å². The lowest BCUT2D eigenvalue weighted by molar-refractivity contribution is 0.475. The Bertz CT molecular complexity index is 993. The van der Waals surface area contributed by atoms with Gasteiger partial charge in [0.25, 0.3) is 0 Å². The molecule has 0 aliphatic heterocycles. The third-order valence-electron chi connectivity index (χ3n) is 3.75. The molecule has 0 bridgehead atoms. The van der Waals surface area contributed by atoms with Gasteiger partial charge in [0.05, 0.1) is 17.1 Å². The van der Waals surface area contributed by atoms with E-state index in [0.29, 0.717) is 5.01 Å². The monoisotopic (exact) mass is 374 g/mol. The standard InChI is InChI=1S/C18H18N2O3S2/c1-12-3-8-17(13(2)9-12)25(22,23)19-10-18-20-16(11-24-18)14-4-6-15(21)7-5-14/h3-9,11,19,21H,10H2,1-2H3. The van der Waals surface area contributed by atoms with E-state index in [2.05, 4.69) is 9.71 Å². The highest BCUT2D eigenvalue weighted by molar-refractivity contribution is 7.89. The van der Waals surface area contributed by atoms with E-state index in [0.717, 1.165) is 22.4 Å². The summed E-state index contributed by atoms with van der Waals surface area (Å²) in [5, 5.41) is 11.9. The molecule has 1 aromatic heterocycles. The Kier molecular flexibility index (Phi) is 4.89. The molecule has 0 saturated heterocycles. The molecule has 0 saturated carbocycles. The van der Waals surface area contributed by atoms with Gasteiger partial charge in [-0.3, -0.25) is 0 Å². The molecule has 0 atom stereocenters. The van der Waals surface area contributed by atoms with Crippen molar-refractivity contribution in [2.45, 2.75) is 25.3 Å². The molecule has 2 N–H and O–H groups in total. The molecule has 3 aromatic rings. The Hall–Kier alpha value is -2.22. The average molecular weight is 374 g/mol. The number of nitrogens with one attached hydrogen (secondary N) is 1. The summed E-state index contributed by atoms with van der Waals surface area (Å²) >= 11 is 1.39. The SMILES string of the molecule is Cc1ccc(S(=O)(=O)NCc2nc(-c3ccc(O)cc3)cs2)c(C)c1. The van der Waals surface area contributed by atoms with Crippen LogP contribution in [0, 0.1) is 13.8 Å². The lowest BCUT2D eigenvalue weighted by Gasteiger charge is -2.09. The first-order chi connectivity index (χ1) is 11.8. The minimum absolute atomic E-state index is 0.137. The molecule has 0 aliphatic carbocycles. The van der Waals surface area contributed by atoms with Gasteiger partial charge in [-0.15, -0.1) is 11.3 Å². The Morgan fingerprint density at radius 1 is 1.12 bits per heavy atom. The topological polar surface area (TPSA) is 79.3 Å². The molecule has 1 heterocycles. The molecule has 0 aliphatic rings. The number of hydrogen-bond acceptors (Lipinski definition) is 5. The van der Waals surface area contributed by atoms with Crippen LogP contribution in [-0.4, -0.2) is 18.5 Å². The first kappa shape index (κ1) is 17.6. The molecule has 0 amide bonds. The summed E-state index contributed by atoms with van der Waals surface area (Å²) in [6, 6.07) is 12.0. The maximum Gasteiger partial charge on any atom is 0.241 e. The molecular weight excluding hydrogens is 356 g/mol. The minimum Gasteiger partial charge on any atom is -0.508 e. The van der Waals surface area contributed by atoms with Crippen LogP contribution in [0.4, 0.5) is 0 Å². The molecule has 3 rings (SSSR count). The van der Waals surface area contributed by atoms with Crippen molar-refractivity contribution in [2.24, 2.45) is 0 Å². The van der Waals surface area contributed by atoms with Gasteiger partial charge in [-0.05, 0) is 49.7 Å². The highest BCUT2D eigenvalue weighted by Gasteiger charge is 2.17. The van der Waals surface area contributed by atoms with Crippen LogP contribution in [-0.2, 0) is 16.6 Å². The molecule has 25 heavy (non-hydrogen) atoms. The van der Waals surface area contributed by atoms with Crippen molar-refractivity contribution in [1.29, 1.82) is 0 Å². The predicted molar refractivity (Wildman–Crippen MR) is 99.2 cm³/mol. The summed E-state index contributed by atoms with van der Waals surface area (Å²) in [6.07, 6.45) is 0.